The fourth-order valence-corrected chi connectivity index (χ4v) is 3.92. The molecule has 146 valence electrons. The van der Waals surface area contributed by atoms with Crippen molar-refractivity contribution in [2.45, 2.75) is 20.3 Å². The van der Waals surface area contributed by atoms with Gasteiger partial charge in [-0.15, -0.1) is 0 Å². The van der Waals surface area contributed by atoms with Gasteiger partial charge in [-0.2, -0.15) is 10.2 Å². The number of para-hydroxylation sites is 1. The Bertz CT molecular complexity index is 974. The lowest BCUT2D eigenvalue weighted by molar-refractivity contribution is 0.0943. The third kappa shape index (κ3) is 3.52. The molecule has 1 unspecified atom stereocenters. The van der Waals surface area contributed by atoms with Crippen LogP contribution in [0.3, 0.4) is 0 Å². The van der Waals surface area contributed by atoms with Crippen LogP contribution in [0.2, 0.25) is 0 Å². The maximum atomic E-state index is 12.6. The standard InChI is InChI=1S/C21H26N6O/c1-14-20(15(2)26(3)25-14)18-11-19(24-23-18)21(28)22-12-16-9-10-27(13-16)17-7-5-4-6-8-17/h4-8,11,16H,9-10,12-13H2,1-3H3,(H,22,28)(H,23,24). The second-order valence-electron chi connectivity index (χ2n) is 7.48. The van der Waals surface area contributed by atoms with Crippen LogP contribution in [-0.4, -0.2) is 45.5 Å². The lowest BCUT2D eigenvalue weighted by atomic mass is 10.1. The van der Waals surface area contributed by atoms with E-state index in [9.17, 15) is 4.79 Å². The molecule has 0 radical (unpaired) electrons. The van der Waals surface area contributed by atoms with Crippen molar-refractivity contribution in [3.05, 3.63) is 53.5 Å². The predicted octanol–water partition coefficient (Wildman–Crippen LogP) is 2.68. The Morgan fingerprint density at radius 2 is 2.07 bits per heavy atom. The monoisotopic (exact) mass is 378 g/mol. The maximum absolute atomic E-state index is 12.6. The van der Waals surface area contributed by atoms with E-state index in [2.05, 4.69) is 49.8 Å². The molecule has 28 heavy (non-hydrogen) atoms. The SMILES string of the molecule is Cc1nn(C)c(C)c1-c1cc(C(=O)NCC2CCN(c3ccccc3)C2)[nH]n1. The number of nitrogens with zero attached hydrogens (tertiary/aromatic N) is 4. The summed E-state index contributed by atoms with van der Waals surface area (Å²) in [7, 11) is 1.91. The van der Waals surface area contributed by atoms with Crippen LogP contribution in [0.25, 0.3) is 11.3 Å². The Hall–Kier alpha value is -3.09. The molecular formula is C21H26N6O. The van der Waals surface area contributed by atoms with Crippen LogP contribution in [0.15, 0.2) is 36.4 Å². The van der Waals surface area contributed by atoms with Crippen molar-refractivity contribution in [2.24, 2.45) is 13.0 Å². The quantitative estimate of drug-likeness (QED) is 0.715. The van der Waals surface area contributed by atoms with Gasteiger partial charge in [-0.3, -0.25) is 14.6 Å². The number of aromatic amines is 1. The van der Waals surface area contributed by atoms with Crippen molar-refractivity contribution in [3.8, 4) is 11.3 Å². The molecule has 1 amide bonds. The van der Waals surface area contributed by atoms with Gasteiger partial charge in [0.1, 0.15) is 5.69 Å². The summed E-state index contributed by atoms with van der Waals surface area (Å²) in [6, 6.07) is 12.2. The zero-order valence-corrected chi connectivity index (χ0v) is 16.6. The van der Waals surface area contributed by atoms with E-state index in [4.69, 9.17) is 0 Å². The van der Waals surface area contributed by atoms with Crippen LogP contribution in [0.4, 0.5) is 5.69 Å². The first-order valence-corrected chi connectivity index (χ1v) is 9.67. The summed E-state index contributed by atoms with van der Waals surface area (Å²) in [6.07, 6.45) is 1.08. The number of H-pyrrole nitrogens is 1. The van der Waals surface area contributed by atoms with Gasteiger partial charge in [-0.1, -0.05) is 18.2 Å². The third-order valence-corrected chi connectivity index (χ3v) is 5.55. The molecular weight excluding hydrogens is 352 g/mol. The lowest BCUT2D eigenvalue weighted by Gasteiger charge is -2.18. The van der Waals surface area contributed by atoms with E-state index in [0.29, 0.717) is 18.2 Å². The average molecular weight is 378 g/mol. The van der Waals surface area contributed by atoms with Gasteiger partial charge in [0.2, 0.25) is 0 Å². The number of rotatable bonds is 5. The summed E-state index contributed by atoms with van der Waals surface area (Å²) in [5.41, 5.74) is 5.40. The maximum Gasteiger partial charge on any atom is 0.269 e. The fraction of sp³-hybridized carbons (Fsp3) is 0.381. The van der Waals surface area contributed by atoms with E-state index in [0.717, 1.165) is 42.2 Å². The van der Waals surface area contributed by atoms with E-state index < -0.39 is 0 Å². The van der Waals surface area contributed by atoms with Gasteiger partial charge in [0.25, 0.3) is 5.91 Å². The number of amides is 1. The van der Waals surface area contributed by atoms with E-state index in [1.165, 1.54) is 5.69 Å². The van der Waals surface area contributed by atoms with Crippen molar-refractivity contribution in [1.29, 1.82) is 0 Å². The number of hydrogen-bond donors (Lipinski definition) is 2. The minimum atomic E-state index is -0.115. The highest BCUT2D eigenvalue weighted by Gasteiger charge is 2.24. The Morgan fingerprint density at radius 3 is 2.79 bits per heavy atom. The number of carbonyl (C=O) groups excluding carboxylic acids is 1. The highest BCUT2D eigenvalue weighted by atomic mass is 16.1. The molecule has 1 saturated heterocycles. The smallest absolute Gasteiger partial charge is 0.269 e. The molecule has 7 nitrogen and oxygen atoms in total. The Morgan fingerprint density at radius 1 is 1.29 bits per heavy atom. The van der Waals surface area contributed by atoms with Gasteiger partial charge in [0, 0.05) is 43.6 Å². The molecule has 0 saturated carbocycles. The number of hydrogen-bond acceptors (Lipinski definition) is 4. The lowest BCUT2D eigenvalue weighted by Crippen LogP contribution is -2.31. The molecule has 1 aliphatic heterocycles. The van der Waals surface area contributed by atoms with Gasteiger partial charge in [-0.05, 0) is 44.4 Å². The summed E-state index contributed by atoms with van der Waals surface area (Å²) >= 11 is 0. The minimum Gasteiger partial charge on any atom is -0.371 e. The summed E-state index contributed by atoms with van der Waals surface area (Å²) in [5.74, 6) is 0.338. The van der Waals surface area contributed by atoms with Crippen molar-refractivity contribution >= 4 is 11.6 Å². The number of carbonyl (C=O) groups is 1. The first kappa shape index (κ1) is 18.3. The fourth-order valence-electron chi connectivity index (χ4n) is 3.92. The average Bonchev–Trinajstić information content (AvgIpc) is 3.41. The van der Waals surface area contributed by atoms with Crippen LogP contribution in [0.5, 0.6) is 0 Å². The van der Waals surface area contributed by atoms with Gasteiger partial charge in [-0.25, -0.2) is 0 Å². The first-order valence-electron chi connectivity index (χ1n) is 9.67. The molecule has 3 heterocycles. The van der Waals surface area contributed by atoms with E-state index in [1.807, 2.05) is 31.6 Å². The summed E-state index contributed by atoms with van der Waals surface area (Å²) in [5, 5.41) is 14.7. The first-order chi connectivity index (χ1) is 13.5. The van der Waals surface area contributed by atoms with Crippen LogP contribution >= 0.6 is 0 Å². The second-order valence-corrected chi connectivity index (χ2v) is 7.48. The highest BCUT2D eigenvalue weighted by Crippen LogP contribution is 2.25. The number of anilines is 1. The molecule has 1 aromatic carbocycles. The molecule has 7 heteroatoms. The van der Waals surface area contributed by atoms with Crippen LogP contribution in [-0.2, 0) is 7.05 Å². The Kier molecular flexibility index (Phi) is 4.90. The molecule has 0 aliphatic carbocycles. The predicted molar refractivity (Wildman–Crippen MR) is 109 cm³/mol. The number of benzene rings is 1. The van der Waals surface area contributed by atoms with Crippen LogP contribution < -0.4 is 10.2 Å². The molecule has 0 bridgehead atoms. The number of nitrogens with one attached hydrogen (secondary N) is 2. The van der Waals surface area contributed by atoms with Crippen molar-refractivity contribution in [2.75, 3.05) is 24.5 Å². The van der Waals surface area contributed by atoms with E-state index in [1.54, 1.807) is 6.07 Å². The topological polar surface area (TPSA) is 78.8 Å². The van der Waals surface area contributed by atoms with Gasteiger partial charge in [0.05, 0.1) is 11.4 Å². The molecule has 3 aromatic rings. The van der Waals surface area contributed by atoms with E-state index >= 15 is 0 Å². The zero-order chi connectivity index (χ0) is 19.7. The highest BCUT2D eigenvalue weighted by molar-refractivity contribution is 5.93. The van der Waals surface area contributed by atoms with Crippen LogP contribution in [0.1, 0.15) is 28.3 Å². The Balaban J connectivity index is 1.36. The second kappa shape index (κ2) is 7.50. The van der Waals surface area contributed by atoms with Crippen LogP contribution in [0, 0.1) is 19.8 Å². The summed E-state index contributed by atoms with van der Waals surface area (Å²) < 4.78 is 1.83. The van der Waals surface area contributed by atoms with Gasteiger partial charge >= 0.3 is 0 Å². The Labute approximate surface area is 164 Å². The summed E-state index contributed by atoms with van der Waals surface area (Å²) in [6.45, 7) is 6.62. The number of aromatic nitrogens is 4. The number of aryl methyl sites for hydroxylation is 2. The van der Waals surface area contributed by atoms with Gasteiger partial charge in [0.15, 0.2) is 0 Å². The third-order valence-electron chi connectivity index (χ3n) is 5.55. The van der Waals surface area contributed by atoms with Crippen molar-refractivity contribution in [1.82, 2.24) is 25.3 Å². The molecule has 1 atom stereocenters. The zero-order valence-electron chi connectivity index (χ0n) is 16.6. The molecule has 1 fully saturated rings. The molecule has 4 rings (SSSR count). The molecule has 2 aromatic heterocycles. The van der Waals surface area contributed by atoms with Crippen molar-refractivity contribution < 1.29 is 4.79 Å². The molecule has 1 aliphatic rings. The normalized spacial score (nSPS) is 16.5. The van der Waals surface area contributed by atoms with E-state index in [-0.39, 0.29) is 5.91 Å². The molecule has 0 spiro atoms. The largest absolute Gasteiger partial charge is 0.371 e. The van der Waals surface area contributed by atoms with Crippen molar-refractivity contribution in [3.63, 3.8) is 0 Å². The van der Waals surface area contributed by atoms with Gasteiger partial charge < -0.3 is 10.2 Å². The molecule has 2 N–H and O–H groups in total. The summed E-state index contributed by atoms with van der Waals surface area (Å²) in [4.78, 5) is 14.9. The minimum absolute atomic E-state index is 0.115.